The number of nitrogens with zero attached hydrogens (tertiary/aromatic N) is 3. The fourth-order valence-electron chi connectivity index (χ4n) is 1.63. The maximum Gasteiger partial charge on any atom is 0.326 e. The highest BCUT2D eigenvalue weighted by atomic mass is 32.1. The molecule has 8 nitrogen and oxygen atoms in total. The van der Waals surface area contributed by atoms with Crippen molar-refractivity contribution in [1.29, 1.82) is 0 Å². The Morgan fingerprint density at radius 3 is 2.91 bits per heavy atom. The summed E-state index contributed by atoms with van der Waals surface area (Å²) in [6.45, 7) is 0.235. The van der Waals surface area contributed by atoms with Crippen LogP contribution in [-0.2, 0) is 9.53 Å². The van der Waals surface area contributed by atoms with Crippen molar-refractivity contribution in [2.45, 2.75) is 12.5 Å². The maximum absolute atomic E-state index is 12.1. The lowest BCUT2D eigenvalue weighted by Gasteiger charge is -2.12. The summed E-state index contributed by atoms with van der Waals surface area (Å²) in [5, 5.41) is 13.6. The van der Waals surface area contributed by atoms with E-state index < -0.39 is 17.9 Å². The monoisotopic (exact) mass is 322 g/mol. The van der Waals surface area contributed by atoms with Gasteiger partial charge < -0.3 is 15.2 Å². The number of thiazole rings is 1. The molecule has 0 aliphatic carbocycles. The number of carboxylic acid groups (broad SMARTS) is 1. The molecule has 9 heteroatoms. The lowest BCUT2D eigenvalue weighted by atomic mass is 10.2. The SMILES string of the molecule is COCCC(NC(=O)c1csc(-c2cnccn2)n1)C(=O)O. The smallest absolute Gasteiger partial charge is 0.326 e. The van der Waals surface area contributed by atoms with Crippen LogP contribution in [0.15, 0.2) is 24.0 Å². The standard InChI is InChI=1S/C13H14N4O4S/c1-21-5-2-8(13(19)20)16-11(18)10-7-22-12(17-10)9-6-14-3-4-15-9/h3-4,6-8H,2,5H2,1H3,(H,16,18)(H,19,20). The van der Waals surface area contributed by atoms with Gasteiger partial charge in [0.05, 0.1) is 6.20 Å². The summed E-state index contributed by atoms with van der Waals surface area (Å²) in [6, 6.07) is -1.02. The third-order valence-electron chi connectivity index (χ3n) is 2.73. The van der Waals surface area contributed by atoms with Gasteiger partial charge in [0.25, 0.3) is 5.91 Å². The molecule has 0 spiro atoms. The van der Waals surface area contributed by atoms with Gasteiger partial charge in [-0.15, -0.1) is 11.3 Å². The Hall–Kier alpha value is -2.39. The molecular weight excluding hydrogens is 308 g/mol. The molecule has 2 rings (SSSR count). The summed E-state index contributed by atoms with van der Waals surface area (Å²) in [5.74, 6) is -1.66. The van der Waals surface area contributed by atoms with Crippen LogP contribution in [0.2, 0.25) is 0 Å². The van der Waals surface area contributed by atoms with E-state index in [0.29, 0.717) is 10.7 Å². The number of carboxylic acids is 1. The van der Waals surface area contributed by atoms with E-state index in [0.717, 1.165) is 0 Å². The minimum atomic E-state index is -1.12. The topological polar surface area (TPSA) is 114 Å². The number of aromatic nitrogens is 3. The maximum atomic E-state index is 12.1. The lowest BCUT2D eigenvalue weighted by Crippen LogP contribution is -2.41. The summed E-state index contributed by atoms with van der Waals surface area (Å²) in [7, 11) is 1.47. The average Bonchev–Trinajstić information content (AvgIpc) is 3.02. The number of hydrogen-bond acceptors (Lipinski definition) is 7. The van der Waals surface area contributed by atoms with Gasteiger partial charge >= 0.3 is 5.97 Å². The molecule has 0 aliphatic heterocycles. The van der Waals surface area contributed by atoms with Crippen molar-refractivity contribution in [2.75, 3.05) is 13.7 Å². The van der Waals surface area contributed by atoms with Crippen molar-refractivity contribution >= 4 is 23.2 Å². The predicted octanol–water partition coefficient (Wildman–Crippen LogP) is 0.820. The number of carbonyl (C=O) groups excluding carboxylic acids is 1. The molecule has 0 radical (unpaired) electrons. The fraction of sp³-hybridized carbons (Fsp3) is 0.308. The van der Waals surface area contributed by atoms with Crippen LogP contribution in [0.1, 0.15) is 16.9 Å². The van der Waals surface area contributed by atoms with Gasteiger partial charge in [-0.25, -0.2) is 9.78 Å². The number of aliphatic carboxylic acids is 1. The van der Waals surface area contributed by atoms with E-state index in [1.807, 2.05) is 0 Å². The van der Waals surface area contributed by atoms with Crippen LogP contribution in [0.25, 0.3) is 10.7 Å². The van der Waals surface area contributed by atoms with E-state index in [4.69, 9.17) is 9.84 Å². The van der Waals surface area contributed by atoms with Crippen molar-refractivity contribution < 1.29 is 19.4 Å². The minimum absolute atomic E-state index is 0.148. The number of methoxy groups -OCH3 is 1. The summed E-state index contributed by atoms with van der Waals surface area (Å²) >= 11 is 1.24. The number of hydrogen-bond donors (Lipinski definition) is 2. The molecule has 116 valence electrons. The number of nitrogens with one attached hydrogen (secondary N) is 1. The van der Waals surface area contributed by atoms with E-state index in [1.54, 1.807) is 11.6 Å². The summed E-state index contributed by atoms with van der Waals surface area (Å²) < 4.78 is 4.83. The Balaban J connectivity index is 2.06. The second-order valence-corrected chi connectivity index (χ2v) is 5.13. The van der Waals surface area contributed by atoms with E-state index >= 15 is 0 Å². The van der Waals surface area contributed by atoms with Crippen molar-refractivity contribution in [3.63, 3.8) is 0 Å². The number of ether oxygens (including phenoxy) is 1. The molecule has 2 N–H and O–H groups in total. The largest absolute Gasteiger partial charge is 0.480 e. The molecule has 1 atom stereocenters. The molecule has 0 fully saturated rings. The van der Waals surface area contributed by atoms with Gasteiger partial charge in [0, 0.05) is 37.9 Å². The van der Waals surface area contributed by atoms with Crippen LogP contribution in [0, 0.1) is 0 Å². The van der Waals surface area contributed by atoms with Gasteiger partial charge in [-0.1, -0.05) is 0 Å². The Labute approximate surface area is 130 Å². The van der Waals surface area contributed by atoms with Gasteiger partial charge in [-0.3, -0.25) is 14.8 Å². The minimum Gasteiger partial charge on any atom is -0.480 e. The first-order chi connectivity index (χ1) is 10.6. The molecular formula is C13H14N4O4S. The normalized spacial score (nSPS) is 11.9. The quantitative estimate of drug-likeness (QED) is 0.775. The zero-order valence-electron chi connectivity index (χ0n) is 11.7. The van der Waals surface area contributed by atoms with E-state index in [2.05, 4.69) is 20.3 Å². The predicted molar refractivity (Wildman–Crippen MR) is 78.5 cm³/mol. The Morgan fingerprint density at radius 1 is 1.45 bits per heavy atom. The van der Waals surface area contributed by atoms with Crippen molar-refractivity contribution in [3.8, 4) is 10.7 Å². The van der Waals surface area contributed by atoms with Crippen LogP contribution >= 0.6 is 11.3 Å². The van der Waals surface area contributed by atoms with Gasteiger partial charge in [0.2, 0.25) is 0 Å². The zero-order chi connectivity index (χ0) is 15.9. The third-order valence-corrected chi connectivity index (χ3v) is 3.60. The highest BCUT2D eigenvalue weighted by Gasteiger charge is 2.22. The molecule has 1 amide bonds. The molecule has 0 bridgehead atoms. The number of amides is 1. The summed E-state index contributed by atoms with van der Waals surface area (Å²) in [5.41, 5.74) is 0.704. The molecule has 1 unspecified atom stereocenters. The Bertz CT molecular complexity index is 646. The molecule has 2 heterocycles. The molecule has 22 heavy (non-hydrogen) atoms. The first kappa shape index (κ1) is 16.0. The Morgan fingerprint density at radius 2 is 2.27 bits per heavy atom. The van der Waals surface area contributed by atoms with Crippen molar-refractivity contribution in [1.82, 2.24) is 20.3 Å². The highest BCUT2D eigenvalue weighted by molar-refractivity contribution is 7.13. The van der Waals surface area contributed by atoms with Gasteiger partial charge in [0.15, 0.2) is 0 Å². The van der Waals surface area contributed by atoms with Crippen LogP contribution in [0.4, 0.5) is 0 Å². The summed E-state index contributed by atoms with van der Waals surface area (Å²) in [4.78, 5) is 35.3. The summed E-state index contributed by atoms with van der Waals surface area (Å²) in [6.07, 6.45) is 4.79. The highest BCUT2D eigenvalue weighted by Crippen LogP contribution is 2.20. The van der Waals surface area contributed by atoms with Crippen LogP contribution in [0.3, 0.4) is 0 Å². The van der Waals surface area contributed by atoms with E-state index in [1.165, 1.54) is 30.8 Å². The van der Waals surface area contributed by atoms with E-state index in [9.17, 15) is 9.59 Å². The molecule has 0 aromatic carbocycles. The first-order valence-electron chi connectivity index (χ1n) is 6.36. The molecule has 0 saturated carbocycles. The molecule has 0 saturated heterocycles. The van der Waals surface area contributed by atoms with Gasteiger partial charge in [-0.2, -0.15) is 0 Å². The number of rotatable bonds is 7. The van der Waals surface area contributed by atoms with Crippen molar-refractivity contribution in [2.24, 2.45) is 0 Å². The molecule has 2 aromatic heterocycles. The fourth-order valence-corrected chi connectivity index (χ4v) is 2.39. The second-order valence-electron chi connectivity index (χ2n) is 4.27. The second kappa shape index (κ2) is 7.57. The number of carbonyl (C=O) groups is 2. The van der Waals surface area contributed by atoms with Gasteiger partial charge in [0.1, 0.15) is 22.4 Å². The zero-order valence-corrected chi connectivity index (χ0v) is 12.5. The molecule has 0 aliphatic rings. The van der Waals surface area contributed by atoms with Gasteiger partial charge in [-0.05, 0) is 0 Å². The van der Waals surface area contributed by atoms with Crippen molar-refractivity contribution in [3.05, 3.63) is 29.7 Å². The van der Waals surface area contributed by atoms with E-state index in [-0.39, 0.29) is 18.7 Å². The first-order valence-corrected chi connectivity index (χ1v) is 7.24. The average molecular weight is 322 g/mol. The lowest BCUT2D eigenvalue weighted by molar-refractivity contribution is -0.139. The molecule has 2 aromatic rings. The van der Waals surface area contributed by atoms with Crippen LogP contribution in [0.5, 0.6) is 0 Å². The van der Waals surface area contributed by atoms with Crippen LogP contribution < -0.4 is 5.32 Å². The third kappa shape index (κ3) is 4.06. The van der Waals surface area contributed by atoms with Crippen LogP contribution in [-0.4, -0.2) is 51.7 Å². The Kier molecular flexibility index (Phi) is 5.50.